The molecule has 3 aromatic rings. The molecular formula is C26H29N5O. The molecule has 0 saturated carbocycles. The third-order valence-corrected chi connectivity index (χ3v) is 5.77. The second-order valence-corrected chi connectivity index (χ2v) is 8.13. The van der Waals surface area contributed by atoms with Gasteiger partial charge >= 0.3 is 0 Å². The Morgan fingerprint density at radius 3 is 2.78 bits per heavy atom. The first-order valence-corrected chi connectivity index (χ1v) is 11.1. The minimum atomic E-state index is -0.103. The van der Waals surface area contributed by atoms with E-state index in [1.807, 2.05) is 24.3 Å². The summed E-state index contributed by atoms with van der Waals surface area (Å²) in [4.78, 5) is 19.6. The fourth-order valence-corrected chi connectivity index (χ4v) is 4.13. The number of nitrogens with zero attached hydrogens (tertiary/aromatic N) is 3. The summed E-state index contributed by atoms with van der Waals surface area (Å²) in [5, 5.41) is 10.4. The molecule has 4 rings (SSSR count). The van der Waals surface area contributed by atoms with Gasteiger partial charge in [0, 0.05) is 48.2 Å². The van der Waals surface area contributed by atoms with Crippen molar-refractivity contribution in [3.63, 3.8) is 0 Å². The SMILES string of the molecule is C=C/C(=C\c1cn[nH]c1-c1ccncc1)C(=O)NC1CCCCN(Cc2ccccc2)C1. The van der Waals surface area contributed by atoms with Crippen LogP contribution in [-0.4, -0.2) is 45.1 Å². The Hall–Kier alpha value is -3.51. The molecule has 3 heterocycles. The summed E-state index contributed by atoms with van der Waals surface area (Å²) >= 11 is 0. The van der Waals surface area contributed by atoms with Gasteiger partial charge in [-0.05, 0) is 43.2 Å². The van der Waals surface area contributed by atoms with Crippen LogP contribution in [-0.2, 0) is 11.3 Å². The van der Waals surface area contributed by atoms with E-state index in [0.29, 0.717) is 5.57 Å². The fraction of sp³-hybridized carbons (Fsp3) is 0.269. The lowest BCUT2D eigenvalue weighted by Crippen LogP contribution is -2.42. The first-order chi connectivity index (χ1) is 15.7. The van der Waals surface area contributed by atoms with E-state index in [1.165, 1.54) is 5.56 Å². The number of amides is 1. The van der Waals surface area contributed by atoms with Crippen molar-refractivity contribution in [2.45, 2.75) is 31.8 Å². The third-order valence-electron chi connectivity index (χ3n) is 5.77. The van der Waals surface area contributed by atoms with Gasteiger partial charge in [-0.15, -0.1) is 0 Å². The Kier molecular flexibility index (Phi) is 7.25. The normalized spacial score (nSPS) is 17.5. The van der Waals surface area contributed by atoms with E-state index in [9.17, 15) is 4.79 Å². The Morgan fingerprint density at radius 2 is 2.00 bits per heavy atom. The number of nitrogens with one attached hydrogen (secondary N) is 2. The summed E-state index contributed by atoms with van der Waals surface area (Å²) in [5.74, 6) is -0.103. The van der Waals surface area contributed by atoms with Crippen molar-refractivity contribution in [2.24, 2.45) is 0 Å². The average molecular weight is 428 g/mol. The predicted molar refractivity (Wildman–Crippen MR) is 127 cm³/mol. The number of rotatable bonds is 7. The molecule has 1 atom stereocenters. The van der Waals surface area contributed by atoms with E-state index >= 15 is 0 Å². The summed E-state index contributed by atoms with van der Waals surface area (Å²) in [6.45, 7) is 6.67. The maximum Gasteiger partial charge on any atom is 0.251 e. The molecule has 1 fully saturated rings. The molecule has 1 unspecified atom stereocenters. The quantitative estimate of drug-likeness (QED) is 0.438. The minimum absolute atomic E-state index is 0.103. The number of H-pyrrole nitrogens is 1. The largest absolute Gasteiger partial charge is 0.348 e. The smallest absolute Gasteiger partial charge is 0.251 e. The zero-order valence-electron chi connectivity index (χ0n) is 18.2. The van der Waals surface area contributed by atoms with E-state index in [1.54, 1.807) is 24.7 Å². The highest BCUT2D eigenvalue weighted by molar-refractivity contribution is 6.01. The van der Waals surface area contributed by atoms with Crippen molar-refractivity contribution in [3.05, 3.63) is 90.4 Å². The van der Waals surface area contributed by atoms with E-state index in [0.717, 1.165) is 55.7 Å². The van der Waals surface area contributed by atoms with Gasteiger partial charge in [-0.3, -0.25) is 19.8 Å². The molecule has 2 N–H and O–H groups in total. The van der Waals surface area contributed by atoms with Gasteiger partial charge in [-0.2, -0.15) is 5.10 Å². The Bertz CT molecular complexity index is 1060. The topological polar surface area (TPSA) is 73.9 Å². The molecule has 1 aliphatic heterocycles. The van der Waals surface area contributed by atoms with Crippen LogP contribution in [0.3, 0.4) is 0 Å². The average Bonchev–Trinajstić information content (AvgIpc) is 3.18. The molecule has 0 aliphatic carbocycles. The lowest BCUT2D eigenvalue weighted by Gasteiger charge is -2.25. The molecule has 0 radical (unpaired) electrons. The molecule has 2 aromatic heterocycles. The second kappa shape index (κ2) is 10.7. The highest BCUT2D eigenvalue weighted by Gasteiger charge is 2.21. The first kappa shape index (κ1) is 21.7. The number of pyridine rings is 1. The molecule has 1 aromatic carbocycles. The number of carbonyl (C=O) groups is 1. The number of aromatic amines is 1. The number of hydrogen-bond donors (Lipinski definition) is 2. The third kappa shape index (κ3) is 5.59. The Morgan fingerprint density at radius 1 is 1.19 bits per heavy atom. The minimum Gasteiger partial charge on any atom is -0.348 e. The molecule has 6 nitrogen and oxygen atoms in total. The lowest BCUT2D eigenvalue weighted by atomic mass is 10.1. The summed E-state index contributed by atoms with van der Waals surface area (Å²) in [6, 6.07) is 14.4. The van der Waals surface area contributed by atoms with E-state index < -0.39 is 0 Å². The van der Waals surface area contributed by atoms with Gasteiger partial charge in [-0.1, -0.05) is 49.4 Å². The Labute approximate surface area is 189 Å². The van der Waals surface area contributed by atoms with E-state index in [-0.39, 0.29) is 11.9 Å². The predicted octanol–water partition coefficient (Wildman–Crippen LogP) is 4.21. The van der Waals surface area contributed by atoms with Gasteiger partial charge in [-0.25, -0.2) is 0 Å². The molecule has 1 aliphatic rings. The number of hydrogen-bond acceptors (Lipinski definition) is 4. The highest BCUT2D eigenvalue weighted by atomic mass is 16.1. The van der Waals surface area contributed by atoms with Gasteiger partial charge in [0.1, 0.15) is 0 Å². The van der Waals surface area contributed by atoms with Crippen LogP contribution in [0.1, 0.15) is 30.4 Å². The van der Waals surface area contributed by atoms with Crippen LogP contribution in [0.25, 0.3) is 17.3 Å². The summed E-state index contributed by atoms with van der Waals surface area (Å²) in [7, 11) is 0. The van der Waals surface area contributed by atoms with Crippen LogP contribution < -0.4 is 5.32 Å². The molecule has 32 heavy (non-hydrogen) atoms. The van der Waals surface area contributed by atoms with Crippen molar-refractivity contribution in [3.8, 4) is 11.3 Å². The van der Waals surface area contributed by atoms with Crippen LogP contribution in [0.15, 0.2) is 79.3 Å². The molecule has 164 valence electrons. The van der Waals surface area contributed by atoms with Crippen molar-refractivity contribution in [1.29, 1.82) is 0 Å². The van der Waals surface area contributed by atoms with E-state index in [4.69, 9.17) is 0 Å². The number of carbonyl (C=O) groups excluding carboxylic acids is 1. The number of aromatic nitrogens is 3. The van der Waals surface area contributed by atoms with Crippen LogP contribution in [0.2, 0.25) is 0 Å². The summed E-state index contributed by atoms with van der Waals surface area (Å²) < 4.78 is 0. The van der Waals surface area contributed by atoms with Crippen LogP contribution in [0, 0.1) is 0 Å². The highest BCUT2D eigenvalue weighted by Crippen LogP contribution is 2.23. The summed E-state index contributed by atoms with van der Waals surface area (Å²) in [5.41, 5.74) is 4.49. The molecular weight excluding hydrogens is 398 g/mol. The standard InChI is InChI=1S/C26H29N5O/c1-2-21(16-23-17-28-30-25(23)22-11-13-27-14-12-22)26(32)29-24-10-6-7-15-31(19-24)18-20-8-4-3-5-9-20/h2-5,8-9,11-14,16-17,24H,1,6-7,10,15,18-19H2,(H,28,30)(H,29,32)/b21-16+. The van der Waals surface area contributed by atoms with E-state index in [2.05, 4.69) is 56.2 Å². The number of benzene rings is 1. The maximum atomic E-state index is 13.1. The van der Waals surface area contributed by atoms with Gasteiger partial charge in [0.05, 0.1) is 11.9 Å². The first-order valence-electron chi connectivity index (χ1n) is 11.1. The zero-order chi connectivity index (χ0) is 22.2. The van der Waals surface area contributed by atoms with Gasteiger partial charge in [0.25, 0.3) is 5.91 Å². The molecule has 6 heteroatoms. The molecule has 1 amide bonds. The van der Waals surface area contributed by atoms with Crippen molar-refractivity contribution in [2.75, 3.05) is 13.1 Å². The fourth-order valence-electron chi connectivity index (χ4n) is 4.13. The zero-order valence-corrected chi connectivity index (χ0v) is 18.2. The maximum absolute atomic E-state index is 13.1. The monoisotopic (exact) mass is 427 g/mol. The van der Waals surface area contributed by atoms with Crippen LogP contribution >= 0.6 is 0 Å². The second-order valence-electron chi connectivity index (χ2n) is 8.13. The van der Waals surface area contributed by atoms with Gasteiger partial charge in [0.15, 0.2) is 0 Å². The van der Waals surface area contributed by atoms with Gasteiger partial charge in [0.2, 0.25) is 0 Å². The van der Waals surface area contributed by atoms with Crippen LogP contribution in [0.4, 0.5) is 0 Å². The number of likely N-dealkylation sites (tertiary alicyclic amines) is 1. The lowest BCUT2D eigenvalue weighted by molar-refractivity contribution is -0.117. The van der Waals surface area contributed by atoms with Crippen molar-refractivity contribution < 1.29 is 4.79 Å². The van der Waals surface area contributed by atoms with Crippen LogP contribution in [0.5, 0.6) is 0 Å². The van der Waals surface area contributed by atoms with Crippen molar-refractivity contribution in [1.82, 2.24) is 25.4 Å². The molecule has 1 saturated heterocycles. The summed E-state index contributed by atoms with van der Waals surface area (Å²) in [6.07, 6.45) is 11.9. The molecule has 0 spiro atoms. The Balaban J connectivity index is 1.45. The van der Waals surface area contributed by atoms with Crippen molar-refractivity contribution >= 4 is 12.0 Å². The molecule has 0 bridgehead atoms. The van der Waals surface area contributed by atoms with Gasteiger partial charge < -0.3 is 5.32 Å².